The molecule has 104 valence electrons. The largest absolute Gasteiger partial charge is 0.481 e. The van der Waals surface area contributed by atoms with E-state index in [0.29, 0.717) is 13.1 Å². The molecule has 1 amide bonds. The number of aryl methyl sites for hydroxylation is 1. The first-order valence-electron chi connectivity index (χ1n) is 6.70. The molecule has 1 aromatic heterocycles. The Hall–Kier alpha value is -1.36. The number of fused-ring (bicyclic) bond motifs is 1. The fourth-order valence-corrected chi connectivity index (χ4v) is 3.61. The molecule has 1 aliphatic rings. The summed E-state index contributed by atoms with van der Waals surface area (Å²) >= 11 is 1.72. The van der Waals surface area contributed by atoms with E-state index in [0.717, 1.165) is 24.8 Å². The summed E-state index contributed by atoms with van der Waals surface area (Å²) in [7, 11) is 0. The highest BCUT2D eigenvalue weighted by atomic mass is 32.1. The molecule has 1 aliphatic carbocycles. The van der Waals surface area contributed by atoms with Gasteiger partial charge in [-0.15, -0.1) is 11.3 Å². The van der Waals surface area contributed by atoms with Crippen molar-refractivity contribution < 1.29 is 14.7 Å². The molecule has 0 radical (unpaired) electrons. The highest BCUT2D eigenvalue weighted by Gasteiger charge is 2.30. The normalized spacial score (nSPS) is 17.8. The molecule has 1 unspecified atom stereocenters. The lowest BCUT2D eigenvalue weighted by molar-refractivity contribution is -0.138. The number of hydrogen-bond donors (Lipinski definition) is 1. The van der Waals surface area contributed by atoms with Crippen molar-refractivity contribution in [2.24, 2.45) is 0 Å². The van der Waals surface area contributed by atoms with Crippen LogP contribution in [0.4, 0.5) is 0 Å². The number of likely N-dealkylation sites (N-methyl/N-ethyl adjacent to an activating group) is 1. The molecule has 0 aromatic carbocycles. The van der Waals surface area contributed by atoms with Gasteiger partial charge in [-0.05, 0) is 43.2 Å². The molecule has 0 saturated carbocycles. The maximum absolute atomic E-state index is 12.5. The Kier molecular flexibility index (Phi) is 4.58. The Morgan fingerprint density at radius 2 is 2.32 bits per heavy atom. The highest BCUT2D eigenvalue weighted by molar-refractivity contribution is 7.10. The quantitative estimate of drug-likeness (QED) is 0.902. The molecule has 0 fully saturated rings. The van der Waals surface area contributed by atoms with E-state index in [1.165, 1.54) is 4.88 Å². The van der Waals surface area contributed by atoms with Gasteiger partial charge < -0.3 is 10.0 Å². The lowest BCUT2D eigenvalue weighted by Gasteiger charge is -2.28. The van der Waals surface area contributed by atoms with Crippen LogP contribution in [0.5, 0.6) is 0 Å². The van der Waals surface area contributed by atoms with Gasteiger partial charge in [0.25, 0.3) is 0 Å². The predicted molar refractivity (Wildman–Crippen MR) is 74.5 cm³/mol. The molecule has 0 spiro atoms. The Morgan fingerprint density at radius 1 is 1.53 bits per heavy atom. The third-order valence-electron chi connectivity index (χ3n) is 3.64. The molecule has 4 nitrogen and oxygen atoms in total. The van der Waals surface area contributed by atoms with E-state index in [2.05, 4.69) is 0 Å². The van der Waals surface area contributed by atoms with E-state index in [9.17, 15) is 9.59 Å². The maximum atomic E-state index is 12.5. The molecule has 0 saturated heterocycles. The van der Waals surface area contributed by atoms with Crippen LogP contribution in [0.15, 0.2) is 11.4 Å². The molecule has 2 rings (SSSR count). The van der Waals surface area contributed by atoms with Gasteiger partial charge in [-0.2, -0.15) is 0 Å². The monoisotopic (exact) mass is 281 g/mol. The van der Waals surface area contributed by atoms with Crippen molar-refractivity contribution in [2.45, 2.75) is 38.5 Å². The minimum Gasteiger partial charge on any atom is -0.481 e. The van der Waals surface area contributed by atoms with Crippen molar-refractivity contribution in [3.63, 3.8) is 0 Å². The van der Waals surface area contributed by atoms with Gasteiger partial charge in [0.15, 0.2) is 0 Å². The number of aliphatic carboxylic acids is 1. The van der Waals surface area contributed by atoms with E-state index in [1.807, 2.05) is 18.4 Å². The second-order valence-electron chi connectivity index (χ2n) is 4.81. The Morgan fingerprint density at radius 3 is 3.00 bits per heavy atom. The molecule has 1 aromatic rings. The number of carboxylic acids is 1. The van der Waals surface area contributed by atoms with Gasteiger partial charge in [0.2, 0.25) is 5.91 Å². The lowest BCUT2D eigenvalue weighted by atomic mass is 9.86. The first-order valence-corrected chi connectivity index (χ1v) is 7.58. The number of amides is 1. The zero-order chi connectivity index (χ0) is 13.8. The van der Waals surface area contributed by atoms with Crippen LogP contribution < -0.4 is 0 Å². The third-order valence-corrected chi connectivity index (χ3v) is 4.64. The van der Waals surface area contributed by atoms with Crippen molar-refractivity contribution in [3.05, 3.63) is 21.9 Å². The van der Waals surface area contributed by atoms with Gasteiger partial charge in [0, 0.05) is 18.0 Å². The van der Waals surface area contributed by atoms with Crippen LogP contribution in [-0.4, -0.2) is 35.0 Å². The zero-order valence-electron chi connectivity index (χ0n) is 11.1. The topological polar surface area (TPSA) is 57.6 Å². The van der Waals surface area contributed by atoms with Crippen molar-refractivity contribution in [1.29, 1.82) is 0 Å². The van der Waals surface area contributed by atoms with Crippen molar-refractivity contribution >= 4 is 23.2 Å². The second kappa shape index (κ2) is 6.19. The molecular formula is C14H19NO3S. The Balaban J connectivity index is 2.09. The summed E-state index contributed by atoms with van der Waals surface area (Å²) in [5, 5.41) is 10.8. The SMILES string of the molecule is CCN(CCC(=O)O)C(=O)C1CCCc2sccc21. The summed E-state index contributed by atoms with van der Waals surface area (Å²) < 4.78 is 0. The number of hydrogen-bond acceptors (Lipinski definition) is 3. The van der Waals surface area contributed by atoms with E-state index in [1.54, 1.807) is 16.2 Å². The molecule has 1 atom stereocenters. The Bertz CT molecular complexity index is 469. The Labute approximate surface area is 117 Å². The lowest BCUT2D eigenvalue weighted by Crippen LogP contribution is -2.37. The zero-order valence-corrected chi connectivity index (χ0v) is 11.9. The first kappa shape index (κ1) is 14.1. The van der Waals surface area contributed by atoms with Gasteiger partial charge in [-0.1, -0.05) is 0 Å². The van der Waals surface area contributed by atoms with Crippen molar-refractivity contribution in [2.75, 3.05) is 13.1 Å². The molecule has 1 N–H and O–H groups in total. The van der Waals surface area contributed by atoms with Crippen LogP contribution in [0.3, 0.4) is 0 Å². The van der Waals surface area contributed by atoms with Gasteiger partial charge in [-0.25, -0.2) is 0 Å². The average molecular weight is 281 g/mol. The number of thiophene rings is 1. The van der Waals surface area contributed by atoms with Crippen molar-refractivity contribution in [1.82, 2.24) is 4.90 Å². The second-order valence-corrected chi connectivity index (χ2v) is 5.81. The van der Waals surface area contributed by atoms with Gasteiger partial charge in [0.05, 0.1) is 12.3 Å². The number of carbonyl (C=O) groups is 2. The summed E-state index contributed by atoms with van der Waals surface area (Å²) in [5.74, 6) is -0.835. The van der Waals surface area contributed by atoms with Crippen LogP contribution in [0, 0.1) is 0 Å². The van der Waals surface area contributed by atoms with Gasteiger partial charge in [0.1, 0.15) is 0 Å². The molecular weight excluding hydrogens is 262 g/mol. The maximum Gasteiger partial charge on any atom is 0.305 e. The average Bonchev–Trinajstić information content (AvgIpc) is 2.86. The fraction of sp³-hybridized carbons (Fsp3) is 0.571. The van der Waals surface area contributed by atoms with Gasteiger partial charge >= 0.3 is 5.97 Å². The van der Waals surface area contributed by atoms with Crippen LogP contribution in [0.2, 0.25) is 0 Å². The number of nitrogens with zero attached hydrogens (tertiary/aromatic N) is 1. The molecule has 1 heterocycles. The summed E-state index contributed by atoms with van der Waals surface area (Å²) in [6.07, 6.45) is 3.01. The number of carboxylic acid groups (broad SMARTS) is 1. The van der Waals surface area contributed by atoms with Crippen LogP contribution in [0.25, 0.3) is 0 Å². The third kappa shape index (κ3) is 3.15. The summed E-state index contributed by atoms with van der Waals surface area (Å²) in [6.45, 7) is 2.78. The molecule has 5 heteroatoms. The predicted octanol–water partition coefficient (Wildman–Crippen LogP) is 2.49. The molecule has 19 heavy (non-hydrogen) atoms. The minimum absolute atomic E-state index is 0.0167. The van der Waals surface area contributed by atoms with E-state index in [4.69, 9.17) is 5.11 Å². The molecule has 0 aliphatic heterocycles. The van der Waals surface area contributed by atoms with E-state index >= 15 is 0 Å². The summed E-state index contributed by atoms with van der Waals surface area (Å²) in [6, 6.07) is 2.05. The van der Waals surface area contributed by atoms with E-state index in [-0.39, 0.29) is 18.2 Å². The summed E-state index contributed by atoms with van der Waals surface area (Å²) in [5.41, 5.74) is 1.16. The number of carbonyl (C=O) groups excluding carboxylic acids is 1. The first-order chi connectivity index (χ1) is 9.13. The minimum atomic E-state index is -0.855. The van der Waals surface area contributed by atoms with Crippen LogP contribution >= 0.6 is 11.3 Å². The summed E-state index contributed by atoms with van der Waals surface area (Å²) in [4.78, 5) is 26.2. The van der Waals surface area contributed by atoms with Crippen LogP contribution in [-0.2, 0) is 16.0 Å². The van der Waals surface area contributed by atoms with E-state index < -0.39 is 5.97 Å². The van der Waals surface area contributed by atoms with Crippen molar-refractivity contribution in [3.8, 4) is 0 Å². The number of rotatable bonds is 5. The molecule has 0 bridgehead atoms. The smallest absolute Gasteiger partial charge is 0.305 e. The standard InChI is InChI=1S/C14H19NO3S/c1-2-15(8-6-13(16)17)14(18)11-4-3-5-12-10(11)7-9-19-12/h7,9,11H,2-6,8H2,1H3,(H,16,17). The van der Waals surface area contributed by atoms with Crippen LogP contribution in [0.1, 0.15) is 42.5 Å². The fourth-order valence-electron chi connectivity index (χ4n) is 2.62. The van der Waals surface area contributed by atoms with Gasteiger partial charge in [-0.3, -0.25) is 9.59 Å². The highest BCUT2D eigenvalue weighted by Crippen LogP contribution is 2.36.